The molecule has 0 aromatic carbocycles. The summed E-state index contributed by atoms with van der Waals surface area (Å²) < 4.78 is 0. The molecule has 1 N–H and O–H groups in total. The van der Waals surface area contributed by atoms with Crippen molar-refractivity contribution in [2.24, 2.45) is 0 Å². The lowest BCUT2D eigenvalue weighted by Gasteiger charge is -2.07. The van der Waals surface area contributed by atoms with E-state index in [0.29, 0.717) is 0 Å². The number of rotatable bonds is 10. The molecular formula is C15H25ClOS. The minimum absolute atomic E-state index is 0.317. The molecule has 0 radical (unpaired) electrons. The Kier molecular flexibility index (Phi) is 8.74. The van der Waals surface area contributed by atoms with Crippen molar-refractivity contribution in [2.75, 3.05) is 0 Å². The zero-order valence-electron chi connectivity index (χ0n) is 11.3. The Morgan fingerprint density at radius 2 is 1.72 bits per heavy atom. The molecule has 3 heteroatoms. The Labute approximate surface area is 120 Å². The van der Waals surface area contributed by atoms with E-state index in [1.54, 1.807) is 11.3 Å². The van der Waals surface area contributed by atoms with Gasteiger partial charge in [0.05, 0.1) is 11.1 Å². The molecule has 0 aliphatic carbocycles. The van der Waals surface area contributed by atoms with E-state index in [1.807, 2.05) is 11.4 Å². The summed E-state index contributed by atoms with van der Waals surface area (Å²) in [5, 5.41) is 12.6. The zero-order valence-corrected chi connectivity index (χ0v) is 12.9. The van der Waals surface area contributed by atoms with E-state index in [1.165, 1.54) is 44.9 Å². The maximum Gasteiger partial charge on any atom is 0.0882 e. The van der Waals surface area contributed by atoms with E-state index >= 15 is 0 Å². The van der Waals surface area contributed by atoms with Crippen molar-refractivity contribution in [3.63, 3.8) is 0 Å². The molecule has 0 saturated heterocycles. The average molecular weight is 289 g/mol. The van der Waals surface area contributed by atoms with Gasteiger partial charge in [0.15, 0.2) is 0 Å². The largest absolute Gasteiger partial charge is 0.388 e. The van der Waals surface area contributed by atoms with Gasteiger partial charge >= 0.3 is 0 Å². The summed E-state index contributed by atoms with van der Waals surface area (Å²) in [5.41, 5.74) is 0. The predicted molar refractivity (Wildman–Crippen MR) is 81.5 cm³/mol. The highest BCUT2D eigenvalue weighted by Gasteiger charge is 2.09. The Hall–Kier alpha value is -0.0500. The highest BCUT2D eigenvalue weighted by molar-refractivity contribution is 7.10. The summed E-state index contributed by atoms with van der Waals surface area (Å²) >= 11 is 7.40. The van der Waals surface area contributed by atoms with Crippen molar-refractivity contribution < 1.29 is 5.11 Å². The van der Waals surface area contributed by atoms with Crippen LogP contribution in [0.3, 0.4) is 0 Å². The van der Waals surface area contributed by atoms with Crippen LogP contribution in [0.25, 0.3) is 0 Å². The molecular weight excluding hydrogens is 264 g/mol. The van der Waals surface area contributed by atoms with Crippen molar-refractivity contribution in [1.29, 1.82) is 0 Å². The zero-order chi connectivity index (χ0) is 13.2. The van der Waals surface area contributed by atoms with Crippen molar-refractivity contribution >= 4 is 22.9 Å². The van der Waals surface area contributed by atoms with Gasteiger partial charge in [-0.1, -0.05) is 69.9 Å². The van der Waals surface area contributed by atoms with Crippen LogP contribution in [0.1, 0.15) is 75.7 Å². The number of aliphatic hydroxyl groups is 1. The van der Waals surface area contributed by atoms with Crippen LogP contribution < -0.4 is 0 Å². The third kappa shape index (κ3) is 6.77. The van der Waals surface area contributed by atoms with E-state index < -0.39 is 0 Å². The second-order valence-electron chi connectivity index (χ2n) is 4.95. The molecule has 0 spiro atoms. The molecule has 0 amide bonds. The number of halogens is 1. The molecule has 0 aliphatic rings. The summed E-state index contributed by atoms with van der Waals surface area (Å²) in [7, 11) is 0. The van der Waals surface area contributed by atoms with Crippen LogP contribution in [-0.4, -0.2) is 5.11 Å². The maximum atomic E-state index is 9.96. The Morgan fingerprint density at radius 1 is 1.11 bits per heavy atom. The third-order valence-electron chi connectivity index (χ3n) is 3.25. The molecule has 18 heavy (non-hydrogen) atoms. The quantitative estimate of drug-likeness (QED) is 0.526. The van der Waals surface area contributed by atoms with Crippen molar-refractivity contribution in [1.82, 2.24) is 0 Å². The summed E-state index contributed by atoms with van der Waals surface area (Å²) in [6.07, 6.45) is 11.0. The first-order valence-corrected chi connectivity index (χ1v) is 8.41. The molecule has 104 valence electrons. The summed E-state index contributed by atoms with van der Waals surface area (Å²) in [6.45, 7) is 2.25. The molecule has 1 unspecified atom stereocenters. The molecule has 1 aromatic rings. The van der Waals surface area contributed by atoms with Gasteiger partial charge in [-0.3, -0.25) is 0 Å². The lowest BCUT2D eigenvalue weighted by Crippen LogP contribution is -1.94. The van der Waals surface area contributed by atoms with E-state index in [0.717, 1.165) is 22.7 Å². The van der Waals surface area contributed by atoms with E-state index in [2.05, 4.69) is 6.92 Å². The minimum atomic E-state index is -0.317. The molecule has 0 aliphatic heterocycles. The summed E-state index contributed by atoms with van der Waals surface area (Å²) in [5.74, 6) is 0. The van der Waals surface area contributed by atoms with Crippen LogP contribution in [0.2, 0.25) is 5.02 Å². The maximum absolute atomic E-state index is 9.96. The monoisotopic (exact) mass is 288 g/mol. The SMILES string of the molecule is CCCCCCCCCCC(O)c1cc(Cl)cs1. The van der Waals surface area contributed by atoms with Crippen molar-refractivity contribution in [2.45, 2.75) is 70.8 Å². The topological polar surface area (TPSA) is 20.2 Å². The molecule has 0 saturated carbocycles. The van der Waals surface area contributed by atoms with Crippen LogP contribution in [0.4, 0.5) is 0 Å². The highest BCUT2D eigenvalue weighted by atomic mass is 35.5. The van der Waals surface area contributed by atoms with Gasteiger partial charge in [-0.25, -0.2) is 0 Å². The van der Waals surface area contributed by atoms with Gasteiger partial charge in [0.2, 0.25) is 0 Å². The number of aliphatic hydroxyl groups excluding tert-OH is 1. The predicted octanol–water partition coefficient (Wildman–Crippen LogP) is 5.97. The van der Waals surface area contributed by atoms with Gasteiger partial charge in [-0.2, -0.15) is 0 Å². The molecule has 1 atom stereocenters. The second kappa shape index (κ2) is 9.82. The van der Waals surface area contributed by atoms with Gasteiger partial charge < -0.3 is 5.11 Å². The van der Waals surface area contributed by atoms with E-state index in [4.69, 9.17) is 11.6 Å². The molecule has 1 rings (SSSR count). The first-order valence-electron chi connectivity index (χ1n) is 7.16. The Morgan fingerprint density at radius 3 is 2.28 bits per heavy atom. The molecule has 1 heterocycles. The van der Waals surface area contributed by atoms with Gasteiger partial charge in [0, 0.05) is 10.3 Å². The first-order chi connectivity index (χ1) is 8.74. The van der Waals surface area contributed by atoms with Crippen LogP contribution >= 0.6 is 22.9 Å². The van der Waals surface area contributed by atoms with Gasteiger partial charge in [-0.15, -0.1) is 11.3 Å². The fourth-order valence-corrected chi connectivity index (χ4v) is 3.22. The number of hydrogen-bond donors (Lipinski definition) is 1. The van der Waals surface area contributed by atoms with Crippen LogP contribution in [0, 0.1) is 0 Å². The van der Waals surface area contributed by atoms with E-state index in [9.17, 15) is 5.11 Å². The molecule has 1 nitrogen and oxygen atoms in total. The number of unbranched alkanes of at least 4 members (excludes halogenated alkanes) is 7. The second-order valence-corrected chi connectivity index (χ2v) is 6.33. The normalized spacial score (nSPS) is 12.8. The number of thiophene rings is 1. The third-order valence-corrected chi connectivity index (χ3v) is 4.63. The molecule has 0 bridgehead atoms. The van der Waals surface area contributed by atoms with Crippen LogP contribution in [0.15, 0.2) is 11.4 Å². The standard InChI is InChI=1S/C15H25ClOS/c1-2-3-4-5-6-7-8-9-10-14(17)15-11-13(16)12-18-15/h11-12,14,17H,2-10H2,1H3. The Balaban J connectivity index is 1.97. The summed E-state index contributed by atoms with van der Waals surface area (Å²) in [6, 6.07) is 1.88. The fraction of sp³-hybridized carbons (Fsp3) is 0.733. The average Bonchev–Trinajstić information content (AvgIpc) is 2.79. The van der Waals surface area contributed by atoms with Crippen LogP contribution in [0.5, 0.6) is 0 Å². The minimum Gasteiger partial charge on any atom is -0.388 e. The lowest BCUT2D eigenvalue weighted by atomic mass is 10.1. The van der Waals surface area contributed by atoms with Gasteiger partial charge in [0.1, 0.15) is 0 Å². The highest BCUT2D eigenvalue weighted by Crippen LogP contribution is 2.28. The number of hydrogen-bond acceptors (Lipinski definition) is 2. The summed E-state index contributed by atoms with van der Waals surface area (Å²) in [4.78, 5) is 1.00. The van der Waals surface area contributed by atoms with E-state index in [-0.39, 0.29) is 6.10 Å². The fourth-order valence-electron chi connectivity index (χ4n) is 2.12. The van der Waals surface area contributed by atoms with Gasteiger partial charge in [0.25, 0.3) is 0 Å². The molecule has 0 fully saturated rings. The Bertz CT molecular complexity index is 311. The van der Waals surface area contributed by atoms with Crippen molar-refractivity contribution in [3.8, 4) is 0 Å². The first kappa shape index (κ1) is 16.0. The molecule has 1 aromatic heterocycles. The van der Waals surface area contributed by atoms with Gasteiger partial charge in [-0.05, 0) is 12.5 Å². The van der Waals surface area contributed by atoms with Crippen LogP contribution in [-0.2, 0) is 0 Å². The smallest absolute Gasteiger partial charge is 0.0882 e. The van der Waals surface area contributed by atoms with Crippen molar-refractivity contribution in [3.05, 3.63) is 21.3 Å². The lowest BCUT2D eigenvalue weighted by molar-refractivity contribution is 0.167.